The van der Waals surface area contributed by atoms with Gasteiger partial charge >= 0.3 is 5.69 Å². The van der Waals surface area contributed by atoms with Gasteiger partial charge in [0.1, 0.15) is 39.8 Å². The Morgan fingerprint density at radius 1 is 0.677 bits per heavy atom. The highest BCUT2D eigenvalue weighted by molar-refractivity contribution is 6.22. The molecule has 8 rings (SSSR count). The van der Waals surface area contributed by atoms with Crippen molar-refractivity contribution in [1.29, 1.82) is 0 Å². The van der Waals surface area contributed by atoms with Gasteiger partial charge in [0.2, 0.25) is 0 Å². The maximum atomic E-state index is 15.3. The second-order valence-corrected chi connectivity index (χ2v) is 15.7. The SMILES string of the molecule is COc1ccc(C(OC[C@@]2(CCl)O[C@@H](n3cc(F)c(N)nc3=O)[C@@H](Cl)[C@@H]2OC(c2ccccc2)(c2ccccc2)c2ccc(OC)cc2)(c2ccccc2)c2ccccc2)cc1. The molecule has 0 amide bonds. The number of halogens is 3. The summed E-state index contributed by atoms with van der Waals surface area (Å²) in [6.07, 6.45) is -1.60. The molecule has 0 radical (unpaired) electrons. The lowest BCUT2D eigenvalue weighted by Gasteiger charge is -2.44. The normalized spacial score (nSPS) is 19.0. The second kappa shape index (κ2) is 18.1. The Labute approximate surface area is 369 Å². The van der Waals surface area contributed by atoms with E-state index < -0.39 is 51.8 Å². The molecule has 2 heterocycles. The summed E-state index contributed by atoms with van der Waals surface area (Å²) in [5.41, 5.74) is 5.19. The van der Waals surface area contributed by atoms with Gasteiger partial charge < -0.3 is 29.4 Å². The largest absolute Gasteiger partial charge is 0.497 e. The van der Waals surface area contributed by atoms with Crippen LogP contribution >= 0.6 is 23.2 Å². The van der Waals surface area contributed by atoms with E-state index in [0.717, 1.165) is 44.1 Å². The Balaban J connectivity index is 1.36. The number of aromatic nitrogens is 2. The van der Waals surface area contributed by atoms with Crippen molar-refractivity contribution in [2.45, 2.75) is 34.5 Å². The minimum Gasteiger partial charge on any atom is -0.497 e. The molecule has 0 saturated carbocycles. The monoisotopic (exact) mass is 871 g/mol. The van der Waals surface area contributed by atoms with E-state index >= 15 is 4.39 Å². The van der Waals surface area contributed by atoms with Crippen LogP contribution in [0.25, 0.3) is 0 Å². The van der Waals surface area contributed by atoms with Gasteiger partial charge in [0.05, 0.1) is 32.9 Å². The van der Waals surface area contributed by atoms with Crippen molar-refractivity contribution >= 4 is 29.0 Å². The predicted molar refractivity (Wildman–Crippen MR) is 238 cm³/mol. The summed E-state index contributed by atoms with van der Waals surface area (Å²) in [6, 6.07) is 54.2. The van der Waals surface area contributed by atoms with E-state index in [1.807, 2.05) is 170 Å². The average molecular weight is 873 g/mol. The fourth-order valence-corrected chi connectivity index (χ4v) is 9.06. The molecule has 9 nitrogen and oxygen atoms in total. The molecule has 2 N–H and O–H groups in total. The molecule has 0 aliphatic carbocycles. The summed E-state index contributed by atoms with van der Waals surface area (Å²) in [7, 11) is 3.21. The molecule has 1 saturated heterocycles. The first-order valence-corrected chi connectivity index (χ1v) is 20.9. The summed E-state index contributed by atoms with van der Waals surface area (Å²) in [5.74, 6) is -0.436. The van der Waals surface area contributed by atoms with Crippen LogP contribution in [0.1, 0.15) is 39.6 Å². The number of benzene rings is 6. The zero-order valence-electron chi connectivity index (χ0n) is 33.9. The number of nitrogens with two attached hydrogens (primary N) is 1. The van der Waals surface area contributed by atoms with Crippen LogP contribution in [-0.4, -0.2) is 53.3 Å². The molecule has 4 atom stereocenters. The minimum atomic E-state index is -1.64. The highest BCUT2D eigenvalue weighted by Crippen LogP contribution is 2.51. The number of nitrogen functional groups attached to an aromatic ring is 1. The van der Waals surface area contributed by atoms with Gasteiger partial charge in [-0.2, -0.15) is 4.98 Å². The maximum Gasteiger partial charge on any atom is 0.351 e. The molecule has 0 bridgehead atoms. The molecule has 1 aliphatic heterocycles. The van der Waals surface area contributed by atoms with Crippen LogP contribution in [0.4, 0.5) is 10.2 Å². The standard InChI is InChI=1S/C50H44Cl2FN3O6/c1-58-40-27-23-38(24-28-40)49(34-15-7-3-8-16-34,35-17-9-4-10-18-35)60-33-48(32-51)44(43(52)46(62-48)56-31-42(53)45(54)55-47(56)57)61-50(36-19-11-5-12-20-36,37-21-13-6-14-22-37)39-25-29-41(59-2)30-26-39/h3-31,43-44,46H,32-33H2,1-2H3,(H2,54,55,57)/t43-,44-,46+,48+/m0/s1. The van der Waals surface area contributed by atoms with Crippen molar-refractivity contribution < 1.29 is 28.1 Å². The van der Waals surface area contributed by atoms with Crippen LogP contribution in [0.3, 0.4) is 0 Å². The zero-order chi connectivity index (χ0) is 43.3. The van der Waals surface area contributed by atoms with Gasteiger partial charge in [0.15, 0.2) is 17.9 Å². The maximum absolute atomic E-state index is 15.3. The van der Waals surface area contributed by atoms with Crippen LogP contribution in [0.15, 0.2) is 181 Å². The van der Waals surface area contributed by atoms with Crippen molar-refractivity contribution in [3.05, 3.63) is 226 Å². The molecular formula is C50H44Cl2FN3O6. The third-order valence-corrected chi connectivity index (χ3v) is 12.3. The first-order valence-electron chi connectivity index (χ1n) is 19.9. The first-order chi connectivity index (χ1) is 30.2. The second-order valence-electron chi connectivity index (χ2n) is 14.9. The fourth-order valence-electron chi connectivity index (χ4n) is 8.31. The van der Waals surface area contributed by atoms with Gasteiger partial charge in [0, 0.05) is 0 Å². The molecular weight excluding hydrogens is 828 g/mol. The summed E-state index contributed by atoms with van der Waals surface area (Å²) >= 11 is 14.8. The van der Waals surface area contributed by atoms with E-state index in [1.165, 1.54) is 0 Å². The molecule has 316 valence electrons. The van der Waals surface area contributed by atoms with Gasteiger partial charge in [-0.15, -0.1) is 23.2 Å². The Hall–Kier alpha value is -6.01. The van der Waals surface area contributed by atoms with Crippen LogP contribution in [0.5, 0.6) is 11.5 Å². The lowest BCUT2D eigenvalue weighted by Crippen LogP contribution is -2.54. The number of anilines is 1. The van der Waals surface area contributed by atoms with Gasteiger partial charge in [-0.25, -0.2) is 9.18 Å². The Bertz CT molecular complexity index is 2550. The van der Waals surface area contributed by atoms with Crippen LogP contribution in [-0.2, 0) is 25.4 Å². The minimum absolute atomic E-state index is 0.248. The van der Waals surface area contributed by atoms with E-state index in [-0.39, 0.29) is 12.5 Å². The molecule has 1 aliphatic rings. The molecule has 1 aromatic heterocycles. The van der Waals surface area contributed by atoms with E-state index in [9.17, 15) is 4.79 Å². The third kappa shape index (κ3) is 7.74. The summed E-state index contributed by atoms with van der Waals surface area (Å²) < 4.78 is 49.5. The van der Waals surface area contributed by atoms with E-state index in [2.05, 4.69) is 4.98 Å². The summed E-state index contributed by atoms with van der Waals surface area (Å²) in [4.78, 5) is 17.4. The first kappa shape index (κ1) is 42.7. The molecule has 1 fully saturated rings. The number of rotatable bonds is 15. The van der Waals surface area contributed by atoms with Crippen LogP contribution in [0, 0.1) is 5.82 Å². The zero-order valence-corrected chi connectivity index (χ0v) is 35.5. The van der Waals surface area contributed by atoms with Gasteiger partial charge in [-0.3, -0.25) is 4.57 Å². The topological polar surface area (TPSA) is 107 Å². The number of ether oxygens (including phenoxy) is 5. The highest BCUT2D eigenvalue weighted by atomic mass is 35.5. The van der Waals surface area contributed by atoms with Crippen molar-refractivity contribution in [3.8, 4) is 11.5 Å². The van der Waals surface area contributed by atoms with Gasteiger partial charge in [-0.05, 0) is 57.6 Å². The smallest absolute Gasteiger partial charge is 0.351 e. The fraction of sp³-hybridized carbons (Fsp3) is 0.200. The predicted octanol–water partition coefficient (Wildman–Crippen LogP) is 9.48. The molecule has 0 spiro atoms. The Morgan fingerprint density at radius 3 is 1.50 bits per heavy atom. The molecule has 6 aromatic carbocycles. The summed E-state index contributed by atoms with van der Waals surface area (Å²) in [6.45, 7) is -0.251. The van der Waals surface area contributed by atoms with Gasteiger partial charge in [0.25, 0.3) is 0 Å². The van der Waals surface area contributed by atoms with Crippen molar-refractivity contribution in [2.75, 3.05) is 32.4 Å². The van der Waals surface area contributed by atoms with E-state index in [0.29, 0.717) is 11.5 Å². The molecule has 7 aromatic rings. The summed E-state index contributed by atoms with van der Waals surface area (Å²) in [5, 5.41) is -1.20. The molecule has 62 heavy (non-hydrogen) atoms. The number of hydrogen-bond acceptors (Lipinski definition) is 8. The van der Waals surface area contributed by atoms with E-state index in [4.69, 9.17) is 52.6 Å². The number of alkyl halides is 2. The Kier molecular flexibility index (Phi) is 12.5. The number of nitrogens with zero attached hydrogens (tertiary/aromatic N) is 2. The average Bonchev–Trinajstić information content (AvgIpc) is 3.60. The number of methoxy groups -OCH3 is 2. The van der Waals surface area contributed by atoms with Crippen molar-refractivity contribution in [2.24, 2.45) is 0 Å². The quantitative estimate of drug-likeness (QED) is 0.0803. The van der Waals surface area contributed by atoms with Crippen LogP contribution in [0.2, 0.25) is 0 Å². The van der Waals surface area contributed by atoms with Crippen LogP contribution < -0.4 is 20.9 Å². The lowest BCUT2D eigenvalue weighted by molar-refractivity contribution is -0.176. The highest BCUT2D eigenvalue weighted by Gasteiger charge is 2.60. The molecule has 12 heteroatoms. The third-order valence-electron chi connectivity index (χ3n) is 11.4. The lowest BCUT2D eigenvalue weighted by atomic mass is 9.79. The number of hydrogen-bond donors (Lipinski definition) is 1. The van der Waals surface area contributed by atoms with Crippen molar-refractivity contribution in [1.82, 2.24) is 9.55 Å². The van der Waals surface area contributed by atoms with Crippen molar-refractivity contribution in [3.63, 3.8) is 0 Å². The van der Waals surface area contributed by atoms with Gasteiger partial charge in [-0.1, -0.05) is 146 Å². The molecule has 0 unspecified atom stereocenters. The Morgan fingerprint density at radius 2 is 1.08 bits per heavy atom. The van der Waals surface area contributed by atoms with E-state index in [1.54, 1.807) is 14.2 Å².